The second kappa shape index (κ2) is 7.11. The first-order chi connectivity index (χ1) is 8.52. The molecule has 0 aliphatic carbocycles. The standard InChI is InChI=1S/C14H22N2O2/c1-5-12-6-7-13(15-8-12)9-16(4)14(17)10-18-11(2)3/h6-8,11H,5,9-10H2,1-4H3. The molecule has 1 heterocycles. The largest absolute Gasteiger partial charge is 0.369 e. The summed E-state index contributed by atoms with van der Waals surface area (Å²) >= 11 is 0. The highest BCUT2D eigenvalue weighted by molar-refractivity contribution is 5.77. The Morgan fingerprint density at radius 2 is 2.17 bits per heavy atom. The smallest absolute Gasteiger partial charge is 0.248 e. The van der Waals surface area contributed by atoms with Crippen molar-refractivity contribution in [3.8, 4) is 0 Å². The first-order valence-corrected chi connectivity index (χ1v) is 6.32. The summed E-state index contributed by atoms with van der Waals surface area (Å²) < 4.78 is 5.29. The summed E-state index contributed by atoms with van der Waals surface area (Å²) in [4.78, 5) is 17.7. The fourth-order valence-corrected chi connectivity index (χ4v) is 1.44. The molecule has 0 fully saturated rings. The Labute approximate surface area is 109 Å². The van der Waals surface area contributed by atoms with Crippen molar-refractivity contribution in [3.05, 3.63) is 29.6 Å². The Morgan fingerprint density at radius 3 is 2.67 bits per heavy atom. The fourth-order valence-electron chi connectivity index (χ4n) is 1.44. The first kappa shape index (κ1) is 14.6. The second-order valence-electron chi connectivity index (χ2n) is 4.62. The van der Waals surface area contributed by atoms with E-state index in [2.05, 4.69) is 11.9 Å². The van der Waals surface area contributed by atoms with Crippen LogP contribution in [-0.4, -0.2) is 35.5 Å². The highest BCUT2D eigenvalue weighted by atomic mass is 16.5. The molecule has 1 aromatic rings. The van der Waals surface area contributed by atoms with Crippen LogP contribution in [0.2, 0.25) is 0 Å². The Hall–Kier alpha value is -1.42. The Morgan fingerprint density at radius 1 is 1.44 bits per heavy atom. The van der Waals surface area contributed by atoms with E-state index in [1.54, 1.807) is 11.9 Å². The van der Waals surface area contributed by atoms with Crippen molar-refractivity contribution >= 4 is 5.91 Å². The normalized spacial score (nSPS) is 10.7. The molecule has 0 bridgehead atoms. The second-order valence-corrected chi connectivity index (χ2v) is 4.62. The molecule has 1 aromatic heterocycles. The van der Waals surface area contributed by atoms with Gasteiger partial charge in [-0.3, -0.25) is 9.78 Å². The van der Waals surface area contributed by atoms with E-state index in [1.165, 1.54) is 5.56 Å². The van der Waals surface area contributed by atoms with Crippen LogP contribution in [0.25, 0.3) is 0 Å². The zero-order valence-corrected chi connectivity index (χ0v) is 11.6. The van der Waals surface area contributed by atoms with Gasteiger partial charge < -0.3 is 9.64 Å². The molecule has 100 valence electrons. The number of ether oxygens (including phenoxy) is 1. The van der Waals surface area contributed by atoms with Crippen LogP contribution in [0.3, 0.4) is 0 Å². The lowest BCUT2D eigenvalue weighted by molar-refractivity contribution is -0.136. The van der Waals surface area contributed by atoms with Crippen LogP contribution in [0.5, 0.6) is 0 Å². The Bertz CT molecular complexity index is 374. The Balaban J connectivity index is 2.47. The summed E-state index contributed by atoms with van der Waals surface area (Å²) in [5.41, 5.74) is 2.10. The minimum atomic E-state index is -0.0231. The van der Waals surface area contributed by atoms with E-state index in [0.717, 1.165) is 12.1 Å². The molecular weight excluding hydrogens is 228 g/mol. The number of amides is 1. The third-order valence-corrected chi connectivity index (χ3v) is 2.66. The predicted octanol–water partition coefficient (Wildman–Crippen LogP) is 2.03. The molecule has 0 N–H and O–H groups in total. The lowest BCUT2D eigenvalue weighted by atomic mass is 10.2. The van der Waals surface area contributed by atoms with Crippen molar-refractivity contribution in [2.24, 2.45) is 0 Å². The molecule has 4 heteroatoms. The highest BCUT2D eigenvalue weighted by Crippen LogP contribution is 2.04. The van der Waals surface area contributed by atoms with Crippen molar-refractivity contribution in [3.63, 3.8) is 0 Å². The zero-order chi connectivity index (χ0) is 13.5. The van der Waals surface area contributed by atoms with E-state index in [9.17, 15) is 4.79 Å². The van der Waals surface area contributed by atoms with Gasteiger partial charge in [0.1, 0.15) is 6.61 Å². The van der Waals surface area contributed by atoms with Gasteiger partial charge in [-0.25, -0.2) is 0 Å². The van der Waals surface area contributed by atoms with Gasteiger partial charge in [-0.15, -0.1) is 0 Å². The fraction of sp³-hybridized carbons (Fsp3) is 0.571. The van der Waals surface area contributed by atoms with Crippen LogP contribution in [0.15, 0.2) is 18.3 Å². The maximum atomic E-state index is 11.7. The van der Waals surface area contributed by atoms with Gasteiger partial charge in [0, 0.05) is 13.2 Å². The van der Waals surface area contributed by atoms with Crippen molar-refractivity contribution in [2.75, 3.05) is 13.7 Å². The zero-order valence-electron chi connectivity index (χ0n) is 11.6. The number of pyridine rings is 1. The quantitative estimate of drug-likeness (QED) is 0.776. The van der Waals surface area contributed by atoms with Gasteiger partial charge in [-0.1, -0.05) is 13.0 Å². The number of rotatable bonds is 6. The van der Waals surface area contributed by atoms with Crippen molar-refractivity contribution in [2.45, 2.75) is 39.8 Å². The molecule has 1 rings (SSSR count). The molecule has 0 atom stereocenters. The topological polar surface area (TPSA) is 42.4 Å². The number of aryl methyl sites for hydroxylation is 1. The molecule has 1 amide bonds. The molecule has 4 nitrogen and oxygen atoms in total. The number of hydrogen-bond acceptors (Lipinski definition) is 3. The summed E-state index contributed by atoms with van der Waals surface area (Å²) in [6, 6.07) is 4.01. The predicted molar refractivity (Wildman–Crippen MR) is 71.2 cm³/mol. The number of carbonyl (C=O) groups is 1. The highest BCUT2D eigenvalue weighted by Gasteiger charge is 2.10. The van der Waals surface area contributed by atoms with Gasteiger partial charge >= 0.3 is 0 Å². The van der Waals surface area contributed by atoms with E-state index in [1.807, 2.05) is 32.2 Å². The third-order valence-electron chi connectivity index (χ3n) is 2.66. The van der Waals surface area contributed by atoms with E-state index < -0.39 is 0 Å². The molecule has 0 aromatic carbocycles. The van der Waals surface area contributed by atoms with Crippen LogP contribution >= 0.6 is 0 Å². The lowest BCUT2D eigenvalue weighted by Crippen LogP contribution is -2.31. The molecule has 0 saturated carbocycles. The molecule has 0 saturated heterocycles. The van der Waals surface area contributed by atoms with Crippen molar-refractivity contribution < 1.29 is 9.53 Å². The monoisotopic (exact) mass is 250 g/mol. The van der Waals surface area contributed by atoms with Crippen LogP contribution in [0.1, 0.15) is 32.0 Å². The molecule has 0 unspecified atom stereocenters. The van der Waals surface area contributed by atoms with Crippen LogP contribution < -0.4 is 0 Å². The number of nitrogens with zero attached hydrogens (tertiary/aromatic N) is 2. The molecule has 0 aliphatic rings. The average Bonchev–Trinajstić information content (AvgIpc) is 2.36. The van der Waals surface area contributed by atoms with Crippen LogP contribution in [-0.2, 0) is 22.5 Å². The Kier molecular flexibility index (Phi) is 5.78. The average molecular weight is 250 g/mol. The minimum absolute atomic E-state index is 0.0231. The first-order valence-electron chi connectivity index (χ1n) is 6.32. The SMILES string of the molecule is CCc1ccc(CN(C)C(=O)COC(C)C)nc1. The van der Waals surface area contributed by atoms with E-state index in [-0.39, 0.29) is 18.6 Å². The van der Waals surface area contributed by atoms with E-state index in [0.29, 0.717) is 6.54 Å². The minimum Gasteiger partial charge on any atom is -0.369 e. The van der Waals surface area contributed by atoms with Crippen LogP contribution in [0.4, 0.5) is 0 Å². The van der Waals surface area contributed by atoms with Gasteiger partial charge in [0.15, 0.2) is 0 Å². The van der Waals surface area contributed by atoms with Gasteiger partial charge in [-0.2, -0.15) is 0 Å². The summed E-state index contributed by atoms with van der Waals surface area (Å²) in [6.45, 7) is 6.57. The number of carbonyl (C=O) groups excluding carboxylic acids is 1. The van der Waals surface area contributed by atoms with Gasteiger partial charge in [0.25, 0.3) is 0 Å². The lowest BCUT2D eigenvalue weighted by Gasteiger charge is -2.17. The number of hydrogen-bond donors (Lipinski definition) is 0. The summed E-state index contributed by atoms with van der Waals surface area (Å²) in [6.07, 6.45) is 2.91. The summed E-state index contributed by atoms with van der Waals surface area (Å²) in [7, 11) is 1.77. The summed E-state index contributed by atoms with van der Waals surface area (Å²) in [5.74, 6) is -0.0231. The number of aromatic nitrogens is 1. The van der Waals surface area contributed by atoms with Crippen LogP contribution in [0, 0.1) is 0 Å². The van der Waals surface area contributed by atoms with Crippen molar-refractivity contribution in [1.29, 1.82) is 0 Å². The van der Waals surface area contributed by atoms with Gasteiger partial charge in [0.2, 0.25) is 5.91 Å². The van der Waals surface area contributed by atoms with Crippen molar-refractivity contribution in [1.82, 2.24) is 9.88 Å². The maximum absolute atomic E-state index is 11.7. The van der Waals surface area contributed by atoms with E-state index >= 15 is 0 Å². The van der Waals surface area contributed by atoms with Gasteiger partial charge in [0.05, 0.1) is 18.3 Å². The molecule has 0 radical (unpaired) electrons. The van der Waals surface area contributed by atoms with E-state index in [4.69, 9.17) is 4.74 Å². The molecular formula is C14H22N2O2. The van der Waals surface area contributed by atoms with Gasteiger partial charge in [-0.05, 0) is 31.9 Å². The molecule has 0 spiro atoms. The number of likely N-dealkylation sites (N-methyl/N-ethyl adjacent to an activating group) is 1. The molecule has 18 heavy (non-hydrogen) atoms. The molecule has 0 aliphatic heterocycles. The summed E-state index contributed by atoms with van der Waals surface area (Å²) in [5, 5.41) is 0. The third kappa shape index (κ3) is 4.84. The maximum Gasteiger partial charge on any atom is 0.248 e.